The van der Waals surface area contributed by atoms with Crippen LogP contribution in [0.4, 0.5) is 0 Å². The van der Waals surface area contributed by atoms with E-state index in [1.54, 1.807) is 40.0 Å². The van der Waals surface area contributed by atoms with Crippen LogP contribution in [0.25, 0.3) is 0 Å². The molecule has 0 aromatic heterocycles. The van der Waals surface area contributed by atoms with E-state index in [0.29, 0.717) is 47.3 Å². The third-order valence-corrected chi connectivity index (χ3v) is 10.4. The molecule has 4 aliphatic rings. The molecule has 0 spiro atoms. The number of rotatable bonds is 1. The van der Waals surface area contributed by atoms with Crippen LogP contribution in [-0.4, -0.2) is 64.3 Å². The van der Waals surface area contributed by atoms with Crippen LogP contribution in [0.3, 0.4) is 0 Å². The van der Waals surface area contributed by atoms with Gasteiger partial charge in [-0.05, 0) is 56.6 Å². The van der Waals surface area contributed by atoms with Crippen LogP contribution in [0.15, 0.2) is 36.1 Å². The molecule has 3 aliphatic heterocycles. The fraction of sp³-hybridized carbons (Fsp3) is 0.611. The summed E-state index contributed by atoms with van der Waals surface area (Å²) in [6.45, 7) is 14.7. The van der Waals surface area contributed by atoms with Crippen molar-refractivity contribution in [2.45, 2.75) is 105 Å². The van der Waals surface area contributed by atoms with Gasteiger partial charge in [0.25, 0.3) is 5.78 Å². The molecule has 10 atom stereocenters. The zero-order chi connectivity index (χ0) is 33.4. The topological polar surface area (TPSA) is 135 Å². The lowest BCUT2D eigenvalue weighted by Crippen LogP contribution is -2.44. The molecule has 5 rings (SSSR count). The molecule has 0 fully saturated rings. The van der Waals surface area contributed by atoms with Crippen molar-refractivity contribution in [3.8, 4) is 11.5 Å². The molecule has 45 heavy (non-hydrogen) atoms. The summed E-state index contributed by atoms with van der Waals surface area (Å²) >= 11 is 0. The van der Waals surface area contributed by atoms with Crippen molar-refractivity contribution in [3.63, 3.8) is 0 Å². The smallest absolute Gasteiger partial charge is 0.312 e. The molecule has 4 N–H and O–H groups in total. The molecule has 1 aliphatic carbocycles. The highest BCUT2D eigenvalue weighted by molar-refractivity contribution is 6.08. The minimum absolute atomic E-state index is 0.0460. The minimum atomic E-state index is -1.60. The molecule has 9 nitrogen and oxygen atoms in total. The predicted molar refractivity (Wildman–Crippen MR) is 172 cm³/mol. The van der Waals surface area contributed by atoms with Gasteiger partial charge in [-0.25, -0.2) is 0 Å². The standard InChI is InChI=1S/C36H51NO8/c1-18-15-16-44-36(8)34(41)28-26-14-13-25(17-27(26)31(40)24(7)33(28)45-36)37-35(42)20(3)12-10-11-19(2)29(38)22(5)30(39)23(6)32(43-9)21(18)4/h10-12,15-16,18-19,21-23,25,29-30,32,38-40H,13-14,17H2,1-9H3,(H,37,42)/b11-10+,16-15+,20-12-/t18-,19-,21+,22+,23+,25?,29-,30+,32+,36-/m0/s1. The second-order valence-corrected chi connectivity index (χ2v) is 13.6. The number of aliphatic hydroxyl groups excluding tert-OH is 2. The Hall–Kier alpha value is -3.14. The first-order valence-electron chi connectivity index (χ1n) is 16.1. The highest BCUT2D eigenvalue weighted by atomic mass is 16.7. The molecule has 3 heterocycles. The number of carbonyl (C=O) groups is 2. The van der Waals surface area contributed by atoms with E-state index in [4.69, 9.17) is 14.2 Å². The fourth-order valence-corrected chi connectivity index (χ4v) is 7.05. The van der Waals surface area contributed by atoms with Gasteiger partial charge in [0.05, 0.1) is 30.1 Å². The predicted octanol–water partition coefficient (Wildman–Crippen LogP) is 4.93. The van der Waals surface area contributed by atoms with Gasteiger partial charge < -0.3 is 34.8 Å². The SMILES string of the molecule is CO[C@H]1[C@H](C)[C@H](O)[C@H](C)[C@@H](O)[C@@H](C)/C=C/C=C(/C)C(=O)NC2CCc3c(c(O)c(C)c4c3C(=O)[C@@](C)(O/C=C/[C@H](C)[C@H]1C)O4)C2. The number of fused-ring (bicyclic) bond motifs is 14. The number of amides is 1. The zero-order valence-electron chi connectivity index (χ0n) is 28.1. The maximum atomic E-state index is 13.8. The number of phenols is 1. The van der Waals surface area contributed by atoms with E-state index >= 15 is 0 Å². The Balaban J connectivity index is 1.71. The molecule has 0 saturated carbocycles. The van der Waals surface area contributed by atoms with Crippen molar-refractivity contribution in [3.05, 3.63) is 58.4 Å². The van der Waals surface area contributed by atoms with E-state index in [1.165, 1.54) is 6.26 Å². The van der Waals surface area contributed by atoms with Gasteiger partial charge in [0.1, 0.15) is 11.5 Å². The molecular weight excluding hydrogens is 574 g/mol. The van der Waals surface area contributed by atoms with Crippen LogP contribution in [-0.2, 0) is 27.1 Å². The van der Waals surface area contributed by atoms with E-state index < -0.39 is 23.9 Å². The molecule has 1 amide bonds. The maximum Gasteiger partial charge on any atom is 0.312 e. The summed E-state index contributed by atoms with van der Waals surface area (Å²) in [7, 11) is 1.62. The van der Waals surface area contributed by atoms with E-state index in [-0.39, 0.29) is 53.3 Å². The summed E-state index contributed by atoms with van der Waals surface area (Å²) in [5.74, 6) is -2.85. The largest absolute Gasteiger partial charge is 0.507 e. The first kappa shape index (κ1) is 34.7. The monoisotopic (exact) mass is 625 g/mol. The summed E-state index contributed by atoms with van der Waals surface area (Å²) in [4.78, 5) is 26.9. The molecule has 0 saturated heterocycles. The molecule has 1 unspecified atom stereocenters. The van der Waals surface area contributed by atoms with Gasteiger partial charge in [-0.1, -0.05) is 52.8 Å². The van der Waals surface area contributed by atoms with Crippen LogP contribution in [0, 0.1) is 36.5 Å². The van der Waals surface area contributed by atoms with Gasteiger partial charge in [-0.3, -0.25) is 9.59 Å². The number of aliphatic hydroxyl groups is 2. The summed E-state index contributed by atoms with van der Waals surface area (Å²) < 4.78 is 18.0. The van der Waals surface area contributed by atoms with Crippen molar-refractivity contribution in [1.82, 2.24) is 5.32 Å². The number of Topliss-reactive ketones (excluding diaryl/α,β-unsaturated/α-hetero) is 1. The number of methoxy groups -OCH3 is 1. The van der Waals surface area contributed by atoms with Crippen molar-refractivity contribution < 1.29 is 39.1 Å². The molecule has 1 aromatic carbocycles. The Morgan fingerprint density at radius 2 is 1.64 bits per heavy atom. The van der Waals surface area contributed by atoms with Gasteiger partial charge in [0, 0.05) is 54.5 Å². The summed E-state index contributed by atoms with van der Waals surface area (Å²) in [5, 5.41) is 36.7. The second kappa shape index (κ2) is 13.7. The Labute approximate surface area is 267 Å². The molecule has 248 valence electrons. The lowest BCUT2D eigenvalue weighted by atomic mass is 9.77. The highest BCUT2D eigenvalue weighted by Gasteiger charge is 2.50. The van der Waals surface area contributed by atoms with Crippen LogP contribution >= 0.6 is 0 Å². The number of ether oxygens (including phenoxy) is 3. The van der Waals surface area contributed by atoms with Crippen molar-refractivity contribution in [2.24, 2.45) is 29.6 Å². The average Bonchev–Trinajstić information content (AvgIpc) is 3.28. The van der Waals surface area contributed by atoms with Gasteiger partial charge in [0.2, 0.25) is 5.91 Å². The minimum Gasteiger partial charge on any atom is -0.507 e. The summed E-state index contributed by atoms with van der Waals surface area (Å²) in [6, 6.07) is -0.223. The van der Waals surface area contributed by atoms with Crippen LogP contribution in [0.2, 0.25) is 0 Å². The quantitative estimate of drug-likeness (QED) is 0.345. The zero-order valence-corrected chi connectivity index (χ0v) is 28.1. The Morgan fingerprint density at radius 1 is 0.956 bits per heavy atom. The first-order chi connectivity index (χ1) is 21.1. The summed E-state index contributed by atoms with van der Waals surface area (Å²) in [5.41, 5.74) is 2.79. The molecule has 9 heteroatoms. The van der Waals surface area contributed by atoms with E-state index in [1.807, 2.05) is 46.8 Å². The number of phenolic OH excluding ortho intramolecular Hbond substituents is 1. The van der Waals surface area contributed by atoms with Gasteiger partial charge in [0.15, 0.2) is 0 Å². The normalized spacial score (nSPS) is 38.8. The van der Waals surface area contributed by atoms with E-state index in [2.05, 4.69) is 5.32 Å². The number of hydrogen-bond donors (Lipinski definition) is 4. The van der Waals surface area contributed by atoms with Crippen LogP contribution in [0.5, 0.6) is 11.5 Å². The van der Waals surface area contributed by atoms with Crippen molar-refractivity contribution in [2.75, 3.05) is 7.11 Å². The highest BCUT2D eigenvalue weighted by Crippen LogP contribution is 2.48. The Morgan fingerprint density at radius 3 is 2.31 bits per heavy atom. The second-order valence-electron chi connectivity index (χ2n) is 13.6. The average molecular weight is 626 g/mol. The number of aromatic hydroxyl groups is 1. The van der Waals surface area contributed by atoms with Gasteiger partial charge in [-0.2, -0.15) is 0 Å². The van der Waals surface area contributed by atoms with Crippen molar-refractivity contribution in [1.29, 1.82) is 0 Å². The molecule has 5 bridgehead atoms. The molecule has 1 aromatic rings. The fourth-order valence-electron chi connectivity index (χ4n) is 7.05. The van der Waals surface area contributed by atoms with Crippen molar-refractivity contribution >= 4 is 11.7 Å². The van der Waals surface area contributed by atoms with E-state index in [9.17, 15) is 24.9 Å². The molecular formula is C36H51NO8. The maximum absolute atomic E-state index is 13.8. The molecule has 0 radical (unpaired) electrons. The summed E-state index contributed by atoms with van der Waals surface area (Å²) in [6.07, 6.45) is 8.12. The Bertz CT molecular complexity index is 1380. The third kappa shape index (κ3) is 6.71. The number of nitrogens with one attached hydrogen (secondary N) is 1. The van der Waals surface area contributed by atoms with E-state index in [0.717, 1.165) is 5.56 Å². The lowest BCUT2D eigenvalue weighted by molar-refractivity contribution is -0.118. The number of hydrogen-bond acceptors (Lipinski definition) is 8. The first-order valence-corrected chi connectivity index (χ1v) is 16.1. The number of benzene rings is 1. The van der Waals surface area contributed by atoms with Crippen LogP contribution < -0.4 is 10.1 Å². The third-order valence-electron chi connectivity index (χ3n) is 10.4. The van der Waals surface area contributed by atoms with Gasteiger partial charge in [-0.15, -0.1) is 0 Å². The van der Waals surface area contributed by atoms with Crippen LogP contribution in [0.1, 0.15) is 81.9 Å². The Kier molecular flexibility index (Phi) is 10.6. The number of ketones is 1. The lowest BCUT2D eigenvalue weighted by Gasteiger charge is -2.37. The van der Waals surface area contributed by atoms with Gasteiger partial charge >= 0.3 is 5.79 Å². The number of allylic oxidation sites excluding steroid dienone is 3. The number of carbonyl (C=O) groups excluding carboxylic acids is 2.